The summed E-state index contributed by atoms with van der Waals surface area (Å²) in [7, 11) is 0. The Hall–Kier alpha value is -2.60. The summed E-state index contributed by atoms with van der Waals surface area (Å²) in [5, 5.41) is 15.1. The predicted molar refractivity (Wildman–Crippen MR) is 106 cm³/mol. The lowest BCUT2D eigenvalue weighted by Gasteiger charge is -2.25. The highest BCUT2D eigenvalue weighted by molar-refractivity contribution is 5.90. The molecule has 6 nitrogen and oxygen atoms in total. The van der Waals surface area contributed by atoms with Gasteiger partial charge in [-0.3, -0.25) is 14.4 Å². The van der Waals surface area contributed by atoms with E-state index in [0.29, 0.717) is 0 Å². The number of primary amides is 1. The van der Waals surface area contributed by atoms with Crippen LogP contribution >= 0.6 is 0 Å². The van der Waals surface area contributed by atoms with Crippen molar-refractivity contribution in [2.24, 2.45) is 5.73 Å². The van der Waals surface area contributed by atoms with Crippen LogP contribution in [0.15, 0.2) is 24.3 Å². The van der Waals surface area contributed by atoms with Gasteiger partial charge in [-0.15, -0.1) is 0 Å². The van der Waals surface area contributed by atoms with Crippen LogP contribution in [-0.2, 0) is 11.3 Å². The molecule has 1 amide bonds. The van der Waals surface area contributed by atoms with E-state index in [1.54, 1.807) is 12.1 Å². The number of rotatable bonds is 6. The fourth-order valence-electron chi connectivity index (χ4n) is 3.80. The van der Waals surface area contributed by atoms with Crippen molar-refractivity contribution in [1.82, 2.24) is 14.7 Å². The quantitative estimate of drug-likeness (QED) is 0.768. The van der Waals surface area contributed by atoms with Gasteiger partial charge in [-0.2, -0.15) is 5.10 Å². The van der Waals surface area contributed by atoms with Crippen molar-refractivity contribution in [3.05, 3.63) is 52.4 Å². The smallest absolute Gasteiger partial charge is 0.241 e. The van der Waals surface area contributed by atoms with Crippen molar-refractivity contribution in [2.75, 3.05) is 13.1 Å². The van der Waals surface area contributed by atoms with E-state index in [-0.39, 0.29) is 11.8 Å². The summed E-state index contributed by atoms with van der Waals surface area (Å²) in [6.07, 6.45) is 5.06. The number of aromatic nitrogens is 2. The molecule has 2 aromatic rings. The Labute approximate surface area is 160 Å². The van der Waals surface area contributed by atoms with Gasteiger partial charge in [0.2, 0.25) is 5.91 Å². The molecule has 1 fully saturated rings. The third-order valence-corrected chi connectivity index (χ3v) is 5.56. The molecule has 0 aliphatic carbocycles. The molecular formula is C21H28N4O2. The van der Waals surface area contributed by atoms with Gasteiger partial charge < -0.3 is 10.8 Å². The van der Waals surface area contributed by atoms with E-state index >= 15 is 0 Å². The van der Waals surface area contributed by atoms with Gasteiger partial charge in [-0.25, -0.2) is 0 Å². The zero-order chi connectivity index (χ0) is 19.6. The average molecular weight is 368 g/mol. The van der Waals surface area contributed by atoms with Gasteiger partial charge in [0, 0.05) is 29.9 Å². The van der Waals surface area contributed by atoms with E-state index in [4.69, 9.17) is 5.73 Å². The maximum absolute atomic E-state index is 10.9. The summed E-state index contributed by atoms with van der Waals surface area (Å²) in [6.45, 7) is 9.03. The molecule has 2 heterocycles. The monoisotopic (exact) mass is 368 g/mol. The molecule has 0 radical (unpaired) electrons. The summed E-state index contributed by atoms with van der Waals surface area (Å²) < 4.78 is 2.08. The van der Waals surface area contributed by atoms with Crippen LogP contribution < -0.4 is 5.73 Å². The molecule has 0 spiro atoms. The number of benzene rings is 1. The molecule has 0 bridgehead atoms. The van der Waals surface area contributed by atoms with Gasteiger partial charge in [-0.05, 0) is 63.4 Å². The summed E-state index contributed by atoms with van der Waals surface area (Å²) in [5.41, 5.74) is 10.4. The van der Waals surface area contributed by atoms with E-state index in [1.807, 2.05) is 19.1 Å². The molecule has 6 heteroatoms. The summed E-state index contributed by atoms with van der Waals surface area (Å²) in [5.74, 6) is -0.236. The van der Waals surface area contributed by atoms with Gasteiger partial charge >= 0.3 is 0 Å². The first kappa shape index (κ1) is 19.2. The minimum absolute atomic E-state index is 0.206. The van der Waals surface area contributed by atoms with Crippen LogP contribution in [0.2, 0.25) is 0 Å². The number of aromatic hydroxyl groups is 1. The molecule has 3 rings (SSSR count). The standard InChI is InChI=1S/C21H28N4O2/c1-14-15(2)23-25(16(14)3)12-11-24-10-4-5-19(24)18-8-6-17(13-20(18)26)7-9-21(22)27/h6-9,13,19,26H,4-5,10-12H2,1-3H3,(H2,22,27)/b9-7+. The number of amides is 1. The molecule has 1 aliphatic rings. The highest BCUT2D eigenvalue weighted by Gasteiger charge is 2.28. The maximum Gasteiger partial charge on any atom is 0.241 e. The molecule has 1 atom stereocenters. The Morgan fingerprint density at radius 2 is 2.11 bits per heavy atom. The van der Waals surface area contributed by atoms with Crippen molar-refractivity contribution in [3.8, 4) is 5.75 Å². The number of carbonyl (C=O) groups is 1. The number of nitrogens with zero attached hydrogens (tertiary/aromatic N) is 3. The van der Waals surface area contributed by atoms with E-state index in [1.165, 1.54) is 17.3 Å². The largest absolute Gasteiger partial charge is 0.508 e. The zero-order valence-corrected chi connectivity index (χ0v) is 16.3. The topological polar surface area (TPSA) is 84.4 Å². The number of phenolic OH excluding ortho intramolecular Hbond substituents is 1. The first-order valence-corrected chi connectivity index (χ1v) is 9.42. The number of carbonyl (C=O) groups excluding carboxylic acids is 1. The highest BCUT2D eigenvalue weighted by Crippen LogP contribution is 2.37. The Bertz CT molecular complexity index is 869. The summed E-state index contributed by atoms with van der Waals surface area (Å²) in [4.78, 5) is 13.3. The molecule has 144 valence electrons. The Kier molecular flexibility index (Phi) is 5.65. The lowest BCUT2D eigenvalue weighted by molar-refractivity contribution is -0.113. The number of aryl methyl sites for hydroxylation is 1. The van der Waals surface area contributed by atoms with Gasteiger partial charge in [0.1, 0.15) is 5.75 Å². The second-order valence-electron chi connectivity index (χ2n) is 7.27. The third kappa shape index (κ3) is 4.22. The maximum atomic E-state index is 10.9. The first-order chi connectivity index (χ1) is 12.9. The van der Waals surface area contributed by atoms with Crippen molar-refractivity contribution < 1.29 is 9.90 Å². The van der Waals surface area contributed by atoms with Gasteiger partial charge in [-0.1, -0.05) is 12.1 Å². The molecule has 0 saturated carbocycles. The van der Waals surface area contributed by atoms with E-state index < -0.39 is 5.91 Å². The van der Waals surface area contributed by atoms with Crippen molar-refractivity contribution in [2.45, 2.75) is 46.2 Å². The fraction of sp³-hybridized carbons (Fsp3) is 0.429. The number of likely N-dealkylation sites (tertiary alicyclic amines) is 1. The Balaban J connectivity index is 1.72. The van der Waals surface area contributed by atoms with Crippen LogP contribution in [0.25, 0.3) is 6.08 Å². The fourth-order valence-corrected chi connectivity index (χ4v) is 3.80. The summed E-state index contributed by atoms with van der Waals surface area (Å²) >= 11 is 0. The molecule has 1 aliphatic heterocycles. The van der Waals surface area contributed by atoms with E-state index in [9.17, 15) is 9.90 Å². The Morgan fingerprint density at radius 3 is 2.74 bits per heavy atom. The van der Waals surface area contributed by atoms with Crippen molar-refractivity contribution in [3.63, 3.8) is 0 Å². The van der Waals surface area contributed by atoms with Gasteiger partial charge in [0.15, 0.2) is 0 Å². The molecule has 1 saturated heterocycles. The molecule has 1 unspecified atom stereocenters. The lowest BCUT2D eigenvalue weighted by Crippen LogP contribution is -2.28. The Morgan fingerprint density at radius 1 is 1.33 bits per heavy atom. The second-order valence-corrected chi connectivity index (χ2v) is 7.27. The number of hydrogen-bond donors (Lipinski definition) is 2. The summed E-state index contributed by atoms with van der Waals surface area (Å²) in [6, 6.07) is 5.76. The van der Waals surface area contributed by atoms with Crippen LogP contribution in [-0.4, -0.2) is 38.8 Å². The zero-order valence-electron chi connectivity index (χ0n) is 16.3. The van der Waals surface area contributed by atoms with Crippen molar-refractivity contribution in [1.29, 1.82) is 0 Å². The van der Waals surface area contributed by atoms with Crippen LogP contribution in [0.5, 0.6) is 5.75 Å². The lowest BCUT2D eigenvalue weighted by atomic mass is 10.0. The highest BCUT2D eigenvalue weighted by atomic mass is 16.3. The SMILES string of the molecule is Cc1nn(CCN2CCCC2c2ccc(/C=C/C(N)=O)cc2O)c(C)c1C. The van der Waals surface area contributed by atoms with E-state index in [0.717, 1.165) is 49.3 Å². The molecule has 1 aromatic heterocycles. The number of hydrogen-bond acceptors (Lipinski definition) is 4. The minimum Gasteiger partial charge on any atom is -0.508 e. The average Bonchev–Trinajstić information content (AvgIpc) is 3.18. The van der Waals surface area contributed by atoms with Crippen LogP contribution in [0.1, 0.15) is 47.0 Å². The minimum atomic E-state index is -0.500. The van der Waals surface area contributed by atoms with E-state index in [2.05, 4.69) is 28.5 Å². The first-order valence-electron chi connectivity index (χ1n) is 9.42. The van der Waals surface area contributed by atoms with Crippen LogP contribution in [0.4, 0.5) is 0 Å². The number of nitrogens with two attached hydrogens (primary N) is 1. The normalized spacial score (nSPS) is 17.8. The molecule has 27 heavy (non-hydrogen) atoms. The van der Waals surface area contributed by atoms with Gasteiger partial charge in [0.25, 0.3) is 0 Å². The van der Waals surface area contributed by atoms with Gasteiger partial charge in [0.05, 0.1) is 12.2 Å². The predicted octanol–water partition coefficient (Wildman–Crippen LogP) is 2.85. The molecule has 3 N–H and O–H groups in total. The third-order valence-electron chi connectivity index (χ3n) is 5.56. The second kappa shape index (κ2) is 7.96. The van der Waals surface area contributed by atoms with Crippen LogP contribution in [0.3, 0.4) is 0 Å². The molecule has 1 aromatic carbocycles. The van der Waals surface area contributed by atoms with Crippen molar-refractivity contribution >= 4 is 12.0 Å². The molecular weight excluding hydrogens is 340 g/mol. The number of phenols is 1. The van der Waals surface area contributed by atoms with Crippen LogP contribution in [0, 0.1) is 20.8 Å².